The zero-order valence-electron chi connectivity index (χ0n) is 16.5. The molecular formula is C22H23F2N5S. The number of aromatic nitrogens is 4. The topological polar surface area (TPSA) is 58.5 Å². The zero-order valence-corrected chi connectivity index (χ0v) is 17.4. The summed E-state index contributed by atoms with van der Waals surface area (Å²) in [6.45, 7) is 4.43. The number of rotatable bonds is 3. The second-order valence-corrected chi connectivity index (χ2v) is 8.02. The number of pyridine rings is 1. The number of aromatic amines is 1. The van der Waals surface area contributed by atoms with Crippen molar-refractivity contribution in [3.05, 3.63) is 66.6 Å². The van der Waals surface area contributed by atoms with E-state index in [1.165, 1.54) is 24.1 Å². The van der Waals surface area contributed by atoms with E-state index in [0.717, 1.165) is 35.9 Å². The Balaban J connectivity index is 0.000000204. The molecule has 1 saturated heterocycles. The lowest BCUT2D eigenvalue weighted by molar-refractivity contribution is 0.483. The lowest BCUT2D eigenvalue weighted by Gasteiger charge is -2.11. The standard InChI is InChI=1S/C16H19N5.C6H4F2S/c1-11-6-12(7-17-11)10-21-5-4-15-16(21)3-2-14(20-15)13-8-18-19-9-13;7-4-2-1-3-5(9)6(4)8/h2-5,8-9,11-12,17H,6-7,10H2,1H3,(H,18,19);1-3,9H. The molecular weight excluding hydrogens is 404 g/mol. The van der Waals surface area contributed by atoms with Crippen molar-refractivity contribution in [2.24, 2.45) is 5.92 Å². The number of nitrogens with one attached hydrogen (secondary N) is 2. The van der Waals surface area contributed by atoms with Gasteiger partial charge in [0.2, 0.25) is 0 Å². The molecule has 1 aliphatic heterocycles. The van der Waals surface area contributed by atoms with Gasteiger partial charge in [0.15, 0.2) is 11.6 Å². The lowest BCUT2D eigenvalue weighted by Crippen LogP contribution is -2.17. The Labute approximate surface area is 178 Å². The number of hydrogen-bond acceptors (Lipinski definition) is 4. The van der Waals surface area contributed by atoms with E-state index in [9.17, 15) is 8.78 Å². The van der Waals surface area contributed by atoms with Gasteiger partial charge in [0.1, 0.15) is 0 Å². The monoisotopic (exact) mass is 427 g/mol. The summed E-state index contributed by atoms with van der Waals surface area (Å²) in [7, 11) is 0. The highest BCUT2D eigenvalue weighted by Gasteiger charge is 2.21. The Morgan fingerprint density at radius 1 is 1.20 bits per heavy atom. The second-order valence-electron chi connectivity index (χ2n) is 7.54. The molecule has 0 radical (unpaired) electrons. The summed E-state index contributed by atoms with van der Waals surface area (Å²) in [4.78, 5) is 4.77. The smallest absolute Gasteiger partial charge is 0.172 e. The molecule has 5 nitrogen and oxygen atoms in total. The number of halogens is 2. The minimum absolute atomic E-state index is 0.0370. The van der Waals surface area contributed by atoms with Gasteiger partial charge in [0.25, 0.3) is 0 Å². The first-order valence-electron chi connectivity index (χ1n) is 9.82. The molecule has 0 aliphatic carbocycles. The van der Waals surface area contributed by atoms with Crippen LogP contribution in [0.3, 0.4) is 0 Å². The molecule has 30 heavy (non-hydrogen) atoms. The minimum Gasteiger partial charge on any atom is -0.346 e. The van der Waals surface area contributed by atoms with Crippen molar-refractivity contribution in [3.63, 3.8) is 0 Å². The van der Waals surface area contributed by atoms with Crippen LogP contribution < -0.4 is 5.32 Å². The molecule has 4 aromatic rings. The van der Waals surface area contributed by atoms with Crippen LogP contribution in [0.25, 0.3) is 22.3 Å². The quantitative estimate of drug-likeness (QED) is 0.416. The number of H-pyrrole nitrogens is 1. The molecule has 1 aromatic carbocycles. The van der Waals surface area contributed by atoms with Crippen molar-refractivity contribution < 1.29 is 8.78 Å². The highest BCUT2D eigenvalue weighted by Crippen LogP contribution is 2.23. The van der Waals surface area contributed by atoms with Crippen LogP contribution >= 0.6 is 12.6 Å². The summed E-state index contributed by atoms with van der Waals surface area (Å²) >= 11 is 3.65. The van der Waals surface area contributed by atoms with Crippen molar-refractivity contribution >= 4 is 23.7 Å². The van der Waals surface area contributed by atoms with Gasteiger partial charge >= 0.3 is 0 Å². The molecule has 0 amide bonds. The van der Waals surface area contributed by atoms with Crippen LogP contribution in [-0.4, -0.2) is 32.3 Å². The first kappa shape index (κ1) is 20.6. The molecule has 8 heteroatoms. The molecule has 3 aromatic heterocycles. The highest BCUT2D eigenvalue weighted by atomic mass is 32.1. The molecule has 1 fully saturated rings. The molecule has 156 valence electrons. The predicted molar refractivity (Wildman–Crippen MR) is 116 cm³/mol. The Kier molecular flexibility index (Phi) is 6.15. The summed E-state index contributed by atoms with van der Waals surface area (Å²) in [6.07, 6.45) is 7.08. The first-order chi connectivity index (χ1) is 14.5. The van der Waals surface area contributed by atoms with Gasteiger partial charge < -0.3 is 9.88 Å². The maximum Gasteiger partial charge on any atom is 0.172 e. The number of fused-ring (bicyclic) bond motifs is 1. The average Bonchev–Trinajstić information content (AvgIpc) is 3.49. The maximum atomic E-state index is 12.3. The largest absolute Gasteiger partial charge is 0.346 e. The van der Waals surface area contributed by atoms with E-state index in [0.29, 0.717) is 12.0 Å². The van der Waals surface area contributed by atoms with Crippen LogP contribution in [0.15, 0.2) is 59.9 Å². The van der Waals surface area contributed by atoms with Gasteiger partial charge in [-0.1, -0.05) is 6.07 Å². The fourth-order valence-electron chi connectivity index (χ4n) is 3.73. The van der Waals surface area contributed by atoms with Crippen LogP contribution in [0.4, 0.5) is 8.78 Å². The minimum atomic E-state index is -0.888. The van der Waals surface area contributed by atoms with E-state index in [2.05, 4.69) is 64.0 Å². The van der Waals surface area contributed by atoms with Gasteiger partial charge in [0, 0.05) is 35.4 Å². The normalized spacial score (nSPS) is 18.4. The van der Waals surface area contributed by atoms with E-state index in [-0.39, 0.29) is 4.90 Å². The van der Waals surface area contributed by atoms with E-state index in [1.807, 2.05) is 6.20 Å². The Bertz CT molecular complexity index is 1110. The predicted octanol–water partition coefficient (Wildman–Crippen LogP) is 4.68. The summed E-state index contributed by atoms with van der Waals surface area (Å²) in [6, 6.07) is 10.8. The maximum absolute atomic E-state index is 12.3. The molecule has 0 spiro atoms. The molecule has 0 bridgehead atoms. The third-order valence-corrected chi connectivity index (χ3v) is 5.59. The number of benzene rings is 1. The molecule has 2 N–H and O–H groups in total. The van der Waals surface area contributed by atoms with Crippen LogP contribution in [0.2, 0.25) is 0 Å². The van der Waals surface area contributed by atoms with Crippen molar-refractivity contribution in [2.45, 2.75) is 30.8 Å². The molecule has 5 rings (SSSR count). The summed E-state index contributed by atoms with van der Waals surface area (Å²) in [5.74, 6) is -1.03. The number of nitrogens with zero attached hydrogens (tertiary/aromatic N) is 3. The second kappa shape index (κ2) is 8.97. The van der Waals surface area contributed by atoms with E-state index in [4.69, 9.17) is 4.98 Å². The first-order valence-corrected chi connectivity index (χ1v) is 10.3. The lowest BCUT2D eigenvalue weighted by atomic mass is 10.1. The van der Waals surface area contributed by atoms with Crippen molar-refractivity contribution in [2.75, 3.05) is 6.54 Å². The molecule has 4 heterocycles. The molecule has 2 unspecified atom stereocenters. The average molecular weight is 428 g/mol. The summed E-state index contributed by atoms with van der Waals surface area (Å²) < 4.78 is 26.8. The van der Waals surface area contributed by atoms with Gasteiger partial charge in [-0.05, 0) is 56.1 Å². The SMILES string of the molecule is CC1CC(Cn2ccc3nc(-c4cn[nH]c4)ccc32)CN1.Fc1cccc(S)c1F. The van der Waals surface area contributed by atoms with Crippen LogP contribution in [0, 0.1) is 17.6 Å². The highest BCUT2D eigenvalue weighted by molar-refractivity contribution is 7.80. The number of hydrogen-bond donors (Lipinski definition) is 3. The van der Waals surface area contributed by atoms with E-state index < -0.39 is 11.6 Å². The zero-order chi connectivity index (χ0) is 21.1. The molecule has 1 aliphatic rings. The van der Waals surface area contributed by atoms with Gasteiger partial charge in [0.05, 0.1) is 22.9 Å². The fourth-order valence-corrected chi connectivity index (χ4v) is 3.92. The van der Waals surface area contributed by atoms with Crippen LogP contribution in [-0.2, 0) is 6.54 Å². The number of thiol groups is 1. The van der Waals surface area contributed by atoms with Gasteiger partial charge in [-0.3, -0.25) is 5.10 Å². The van der Waals surface area contributed by atoms with Gasteiger partial charge in [-0.25, -0.2) is 13.8 Å². The molecule has 0 saturated carbocycles. The van der Waals surface area contributed by atoms with E-state index in [1.54, 1.807) is 6.20 Å². The van der Waals surface area contributed by atoms with Crippen LogP contribution in [0.5, 0.6) is 0 Å². The summed E-state index contributed by atoms with van der Waals surface area (Å²) in [5, 5.41) is 10.3. The van der Waals surface area contributed by atoms with Crippen molar-refractivity contribution in [1.29, 1.82) is 0 Å². The van der Waals surface area contributed by atoms with Crippen molar-refractivity contribution in [3.8, 4) is 11.3 Å². The Morgan fingerprint density at radius 3 is 2.73 bits per heavy atom. The van der Waals surface area contributed by atoms with Gasteiger partial charge in [-0.15, -0.1) is 12.6 Å². The molecule has 2 atom stereocenters. The van der Waals surface area contributed by atoms with E-state index >= 15 is 0 Å². The Morgan fingerprint density at radius 2 is 2.07 bits per heavy atom. The third-order valence-electron chi connectivity index (χ3n) is 5.25. The third kappa shape index (κ3) is 4.55. The fraction of sp³-hybridized carbons (Fsp3) is 0.273. The Hall–Kier alpha value is -2.71. The van der Waals surface area contributed by atoms with Gasteiger partial charge in [-0.2, -0.15) is 5.10 Å². The summed E-state index contributed by atoms with van der Waals surface area (Å²) in [5.41, 5.74) is 4.25. The van der Waals surface area contributed by atoms with Crippen LogP contribution in [0.1, 0.15) is 13.3 Å². The van der Waals surface area contributed by atoms with Crippen molar-refractivity contribution in [1.82, 2.24) is 25.1 Å².